The van der Waals surface area contributed by atoms with Gasteiger partial charge in [-0.05, 0) is 32.3 Å². The molecule has 2 aromatic rings. The summed E-state index contributed by atoms with van der Waals surface area (Å²) in [6.45, 7) is 2.74. The van der Waals surface area contributed by atoms with E-state index in [0.717, 1.165) is 36.1 Å². The van der Waals surface area contributed by atoms with Gasteiger partial charge < -0.3 is 9.57 Å². The van der Waals surface area contributed by atoms with E-state index in [9.17, 15) is 4.79 Å². The molecule has 2 rings (SSSR count). The van der Waals surface area contributed by atoms with Crippen molar-refractivity contribution >= 4 is 11.7 Å². The van der Waals surface area contributed by atoms with Crippen LogP contribution in [0.4, 0.5) is 0 Å². The van der Waals surface area contributed by atoms with Crippen LogP contribution >= 0.6 is 0 Å². The quantitative estimate of drug-likeness (QED) is 0.287. The van der Waals surface area contributed by atoms with Crippen molar-refractivity contribution in [1.29, 1.82) is 0 Å². The fraction of sp³-hybridized carbons (Fsp3) is 0.368. The van der Waals surface area contributed by atoms with Crippen molar-refractivity contribution in [2.45, 2.75) is 32.6 Å². The van der Waals surface area contributed by atoms with E-state index >= 15 is 0 Å². The zero-order valence-corrected chi connectivity index (χ0v) is 14.4. The third-order valence-corrected chi connectivity index (χ3v) is 3.48. The Morgan fingerprint density at radius 3 is 2.60 bits per heavy atom. The molecule has 0 spiro atoms. The Bertz CT molecular complexity index is 619. The second kappa shape index (κ2) is 10.9. The Hall–Kier alpha value is -2.76. The largest absolute Gasteiger partial charge is 0.466 e. The molecule has 0 saturated heterocycles. The van der Waals surface area contributed by atoms with Gasteiger partial charge in [-0.15, -0.1) is 0 Å². The fourth-order valence-corrected chi connectivity index (χ4v) is 2.25. The average Bonchev–Trinajstić information content (AvgIpc) is 2.65. The molecule has 0 aliphatic rings. The first-order valence-electron chi connectivity index (χ1n) is 8.49. The van der Waals surface area contributed by atoms with Gasteiger partial charge in [0.25, 0.3) is 0 Å². The summed E-state index contributed by atoms with van der Waals surface area (Å²) in [6.07, 6.45) is 6.27. The molecule has 0 aliphatic heterocycles. The highest BCUT2D eigenvalue weighted by molar-refractivity contribution is 6.12. The number of carbonyl (C=O) groups excluding carboxylic acids is 1. The molecule has 0 fully saturated rings. The molecule has 1 heterocycles. The maximum Gasteiger partial charge on any atom is 0.305 e. The smallest absolute Gasteiger partial charge is 0.305 e. The second-order valence-corrected chi connectivity index (χ2v) is 5.39. The van der Waals surface area contributed by atoms with Gasteiger partial charge in [0.15, 0.2) is 0 Å². The number of ether oxygens (including phenoxy) is 1. The molecule has 1 aromatic heterocycles. The number of benzene rings is 1. The number of rotatable bonds is 10. The van der Waals surface area contributed by atoms with Crippen molar-refractivity contribution in [1.82, 2.24) is 10.2 Å². The number of hydrogen-bond acceptors (Lipinski definition) is 6. The summed E-state index contributed by atoms with van der Waals surface area (Å²) in [5, 5.41) is 12.0. The number of esters is 1. The Balaban J connectivity index is 1.84. The van der Waals surface area contributed by atoms with Crippen LogP contribution in [0.3, 0.4) is 0 Å². The van der Waals surface area contributed by atoms with Crippen molar-refractivity contribution in [3.8, 4) is 0 Å². The summed E-state index contributed by atoms with van der Waals surface area (Å²) < 4.78 is 4.90. The van der Waals surface area contributed by atoms with Crippen molar-refractivity contribution < 1.29 is 14.4 Å². The summed E-state index contributed by atoms with van der Waals surface area (Å²) in [5.74, 6) is -0.141. The first-order valence-corrected chi connectivity index (χ1v) is 8.49. The van der Waals surface area contributed by atoms with Crippen LogP contribution in [0.25, 0.3) is 0 Å². The Morgan fingerprint density at radius 2 is 1.88 bits per heavy atom. The molecule has 0 unspecified atom stereocenters. The van der Waals surface area contributed by atoms with Gasteiger partial charge >= 0.3 is 5.97 Å². The lowest BCUT2D eigenvalue weighted by atomic mass is 10.1. The average molecular weight is 341 g/mol. The molecule has 0 atom stereocenters. The van der Waals surface area contributed by atoms with Crippen LogP contribution in [0.2, 0.25) is 0 Å². The topological polar surface area (TPSA) is 73.7 Å². The lowest BCUT2D eigenvalue weighted by Gasteiger charge is -2.07. The zero-order chi connectivity index (χ0) is 17.7. The van der Waals surface area contributed by atoms with Crippen LogP contribution in [0.5, 0.6) is 0 Å². The summed E-state index contributed by atoms with van der Waals surface area (Å²) in [5.41, 5.74) is 2.53. The highest BCUT2D eigenvalue weighted by Crippen LogP contribution is 2.10. The van der Waals surface area contributed by atoms with Crippen LogP contribution in [0.1, 0.15) is 43.7 Å². The third kappa shape index (κ3) is 6.71. The van der Waals surface area contributed by atoms with E-state index in [1.54, 1.807) is 12.4 Å². The minimum absolute atomic E-state index is 0.141. The molecule has 0 radical (unpaired) electrons. The van der Waals surface area contributed by atoms with Gasteiger partial charge in [-0.3, -0.25) is 4.79 Å². The summed E-state index contributed by atoms with van der Waals surface area (Å²) >= 11 is 0. The van der Waals surface area contributed by atoms with Crippen molar-refractivity contribution in [2.24, 2.45) is 5.16 Å². The highest BCUT2D eigenvalue weighted by atomic mass is 16.6. The van der Waals surface area contributed by atoms with Gasteiger partial charge in [0.05, 0.1) is 19.0 Å². The predicted molar refractivity (Wildman–Crippen MR) is 95.2 cm³/mol. The summed E-state index contributed by atoms with van der Waals surface area (Å²) in [6, 6.07) is 11.7. The second-order valence-electron chi connectivity index (χ2n) is 5.39. The van der Waals surface area contributed by atoms with Crippen LogP contribution in [-0.4, -0.2) is 35.1 Å². The van der Waals surface area contributed by atoms with Crippen LogP contribution in [-0.2, 0) is 14.4 Å². The first-order chi connectivity index (χ1) is 12.3. The van der Waals surface area contributed by atoms with Gasteiger partial charge in [-0.2, -0.15) is 10.2 Å². The Kier molecular flexibility index (Phi) is 8.11. The minimum Gasteiger partial charge on any atom is -0.466 e. The predicted octanol–water partition coefficient (Wildman–Crippen LogP) is 3.37. The van der Waals surface area contributed by atoms with E-state index in [-0.39, 0.29) is 5.97 Å². The monoisotopic (exact) mass is 341 g/mol. The molecule has 0 saturated carbocycles. The van der Waals surface area contributed by atoms with Gasteiger partial charge in [-0.1, -0.05) is 35.5 Å². The van der Waals surface area contributed by atoms with Crippen molar-refractivity contribution in [3.05, 3.63) is 59.9 Å². The fourth-order valence-electron chi connectivity index (χ4n) is 2.25. The van der Waals surface area contributed by atoms with Gasteiger partial charge in [0, 0.05) is 17.5 Å². The number of nitrogens with zero attached hydrogens (tertiary/aromatic N) is 3. The van der Waals surface area contributed by atoms with Gasteiger partial charge in [-0.25, -0.2) is 0 Å². The third-order valence-electron chi connectivity index (χ3n) is 3.48. The lowest BCUT2D eigenvalue weighted by molar-refractivity contribution is -0.143. The first kappa shape index (κ1) is 18.6. The molecule has 1 aromatic carbocycles. The molecule has 25 heavy (non-hydrogen) atoms. The summed E-state index contributed by atoms with van der Waals surface area (Å²) in [7, 11) is 0. The lowest BCUT2D eigenvalue weighted by Crippen LogP contribution is -2.06. The molecule has 0 amide bonds. The van der Waals surface area contributed by atoms with E-state index < -0.39 is 0 Å². The highest BCUT2D eigenvalue weighted by Gasteiger charge is 2.08. The molecule has 132 valence electrons. The van der Waals surface area contributed by atoms with E-state index in [1.807, 2.05) is 43.3 Å². The Morgan fingerprint density at radius 1 is 1.04 bits per heavy atom. The van der Waals surface area contributed by atoms with Gasteiger partial charge in [0.1, 0.15) is 12.3 Å². The number of oxime groups is 1. The standard InChI is InChI=1S/C19H23N3O3/c1-2-24-18(23)11-7-4-8-14-25-22-19(16-9-5-3-6-10-16)17-12-13-20-21-15-17/h3,5-6,9-10,12-13,15H,2,4,7-8,11,14H2,1H3/b22-19+. The minimum atomic E-state index is -0.141. The molecule has 0 bridgehead atoms. The van der Waals surface area contributed by atoms with Crippen molar-refractivity contribution in [2.75, 3.05) is 13.2 Å². The SMILES string of the molecule is CCOC(=O)CCCCCO/N=C(\c1ccccc1)c1ccnnc1. The van der Waals surface area contributed by atoms with Crippen LogP contribution in [0.15, 0.2) is 53.9 Å². The maximum atomic E-state index is 11.2. The van der Waals surface area contributed by atoms with E-state index in [2.05, 4.69) is 15.4 Å². The van der Waals surface area contributed by atoms with Crippen LogP contribution < -0.4 is 0 Å². The zero-order valence-electron chi connectivity index (χ0n) is 14.4. The molecule has 6 heteroatoms. The molecule has 0 aliphatic carbocycles. The molecular formula is C19H23N3O3. The van der Waals surface area contributed by atoms with E-state index in [0.29, 0.717) is 19.6 Å². The number of unbranched alkanes of at least 4 members (excludes halogenated alkanes) is 2. The van der Waals surface area contributed by atoms with Crippen molar-refractivity contribution in [3.63, 3.8) is 0 Å². The Labute approximate surface area is 147 Å². The van der Waals surface area contributed by atoms with E-state index in [1.165, 1.54) is 0 Å². The molecular weight excluding hydrogens is 318 g/mol. The summed E-state index contributed by atoms with van der Waals surface area (Å²) in [4.78, 5) is 16.7. The number of hydrogen-bond donors (Lipinski definition) is 0. The maximum absolute atomic E-state index is 11.2. The van der Waals surface area contributed by atoms with Crippen LogP contribution in [0, 0.1) is 0 Å². The normalized spacial score (nSPS) is 11.2. The number of aromatic nitrogens is 2. The van der Waals surface area contributed by atoms with E-state index in [4.69, 9.17) is 9.57 Å². The molecule has 6 nitrogen and oxygen atoms in total. The number of carbonyl (C=O) groups is 1. The van der Waals surface area contributed by atoms with Gasteiger partial charge in [0.2, 0.25) is 0 Å². The molecule has 0 N–H and O–H groups in total.